The first-order valence-electron chi connectivity index (χ1n) is 5.73. The predicted molar refractivity (Wildman–Crippen MR) is 69.4 cm³/mol. The van der Waals surface area contributed by atoms with E-state index in [0.717, 1.165) is 11.1 Å². The van der Waals surface area contributed by atoms with Crippen LogP contribution in [0, 0.1) is 18.3 Å². The van der Waals surface area contributed by atoms with Gasteiger partial charge in [0.1, 0.15) is 6.07 Å². The predicted octanol–water partition coefficient (Wildman–Crippen LogP) is 1.82. The molecule has 2 aromatic rings. The highest BCUT2D eigenvalue weighted by atomic mass is 16.5. The quantitative estimate of drug-likeness (QED) is 0.905. The second-order valence-corrected chi connectivity index (χ2v) is 3.94. The Hall–Kier alpha value is -2.45. The van der Waals surface area contributed by atoms with Gasteiger partial charge in [0.25, 0.3) is 5.88 Å². The van der Waals surface area contributed by atoms with Crippen LogP contribution < -0.4 is 4.74 Å². The number of benzene rings is 1. The minimum Gasteiger partial charge on any atom is -0.479 e. The second-order valence-electron chi connectivity index (χ2n) is 3.94. The zero-order chi connectivity index (χ0) is 13.8. The summed E-state index contributed by atoms with van der Waals surface area (Å²) in [5, 5.41) is 18.3. The highest BCUT2D eigenvalue weighted by Gasteiger charge is 2.14. The van der Waals surface area contributed by atoms with Crippen molar-refractivity contribution in [2.75, 3.05) is 7.11 Å². The molecule has 96 valence electrons. The lowest BCUT2D eigenvalue weighted by Crippen LogP contribution is -2.02. The molecule has 0 saturated heterocycles. The summed E-state index contributed by atoms with van der Waals surface area (Å²) < 4.78 is 5.07. The molecule has 1 aromatic heterocycles. The Morgan fingerprint density at radius 2 is 2.05 bits per heavy atom. The zero-order valence-corrected chi connectivity index (χ0v) is 10.7. The molecule has 0 aliphatic carbocycles. The minimum absolute atomic E-state index is 0.0837. The molecule has 0 aliphatic heterocycles. The van der Waals surface area contributed by atoms with Gasteiger partial charge in [0.15, 0.2) is 0 Å². The van der Waals surface area contributed by atoms with E-state index in [1.54, 1.807) is 6.92 Å². The van der Waals surface area contributed by atoms with Gasteiger partial charge in [-0.1, -0.05) is 24.3 Å². The number of hydrogen-bond donors (Lipinski definition) is 1. The van der Waals surface area contributed by atoms with Gasteiger partial charge in [-0.15, -0.1) is 0 Å². The Labute approximate surface area is 111 Å². The smallest absolute Gasteiger partial charge is 0.251 e. The molecule has 2 rings (SSSR count). The van der Waals surface area contributed by atoms with E-state index in [2.05, 4.69) is 9.97 Å². The number of nitrogens with zero attached hydrogens (tertiary/aromatic N) is 3. The van der Waals surface area contributed by atoms with E-state index >= 15 is 0 Å². The maximum atomic E-state index is 9.37. The van der Waals surface area contributed by atoms with Crippen molar-refractivity contribution in [2.45, 2.75) is 13.5 Å². The van der Waals surface area contributed by atoms with Gasteiger partial charge in [-0.05, 0) is 12.5 Å². The summed E-state index contributed by atoms with van der Waals surface area (Å²) in [7, 11) is 1.45. The highest BCUT2D eigenvalue weighted by Crippen LogP contribution is 2.27. The van der Waals surface area contributed by atoms with Gasteiger partial charge in [0.2, 0.25) is 5.69 Å². The van der Waals surface area contributed by atoms with E-state index in [-0.39, 0.29) is 18.2 Å². The van der Waals surface area contributed by atoms with Crippen molar-refractivity contribution in [2.24, 2.45) is 0 Å². The Morgan fingerprint density at radius 1 is 1.32 bits per heavy atom. The molecule has 1 N–H and O–H groups in total. The van der Waals surface area contributed by atoms with Crippen LogP contribution in [0.1, 0.15) is 17.0 Å². The van der Waals surface area contributed by atoms with Crippen LogP contribution in [0.4, 0.5) is 0 Å². The van der Waals surface area contributed by atoms with Gasteiger partial charge in [-0.25, -0.2) is 9.97 Å². The van der Waals surface area contributed by atoms with Crippen LogP contribution in [0.5, 0.6) is 5.88 Å². The molecule has 1 aromatic carbocycles. The number of rotatable bonds is 3. The van der Waals surface area contributed by atoms with Crippen molar-refractivity contribution in [3.8, 4) is 23.2 Å². The molecule has 0 aliphatic rings. The van der Waals surface area contributed by atoms with Gasteiger partial charge >= 0.3 is 0 Å². The average Bonchev–Trinajstić information content (AvgIpc) is 2.46. The third kappa shape index (κ3) is 2.39. The summed E-state index contributed by atoms with van der Waals surface area (Å²) in [6.07, 6.45) is 0. The van der Waals surface area contributed by atoms with Crippen molar-refractivity contribution in [1.82, 2.24) is 9.97 Å². The molecule has 0 radical (unpaired) electrons. The van der Waals surface area contributed by atoms with Gasteiger partial charge in [-0.2, -0.15) is 5.26 Å². The molecule has 0 atom stereocenters. The van der Waals surface area contributed by atoms with Crippen molar-refractivity contribution in [3.05, 3.63) is 41.2 Å². The summed E-state index contributed by atoms with van der Waals surface area (Å²) in [5.74, 6) is 0.191. The molecule has 0 fully saturated rings. The van der Waals surface area contributed by atoms with Crippen molar-refractivity contribution >= 4 is 0 Å². The third-order valence-corrected chi connectivity index (χ3v) is 2.78. The number of nitriles is 1. The van der Waals surface area contributed by atoms with Crippen LogP contribution in [-0.4, -0.2) is 22.2 Å². The standard InChI is InChI=1S/C14H13N3O2/c1-9-13(11-6-4-3-5-10(11)8-18)17-14(19-2)12(7-15)16-9/h3-6,18H,8H2,1-2H3. The van der Waals surface area contributed by atoms with Crippen molar-refractivity contribution < 1.29 is 9.84 Å². The number of methoxy groups -OCH3 is 1. The van der Waals surface area contributed by atoms with E-state index < -0.39 is 0 Å². The zero-order valence-electron chi connectivity index (χ0n) is 10.7. The van der Waals surface area contributed by atoms with E-state index in [9.17, 15) is 5.11 Å². The molecule has 0 bridgehead atoms. The molecule has 0 saturated carbocycles. The molecule has 0 unspecified atom stereocenters. The largest absolute Gasteiger partial charge is 0.479 e. The minimum atomic E-state index is -0.0837. The monoisotopic (exact) mass is 255 g/mol. The van der Waals surface area contributed by atoms with Crippen molar-refractivity contribution in [3.63, 3.8) is 0 Å². The number of ether oxygens (including phenoxy) is 1. The van der Waals surface area contributed by atoms with Gasteiger partial charge in [0, 0.05) is 5.56 Å². The highest BCUT2D eigenvalue weighted by molar-refractivity contribution is 5.66. The number of aliphatic hydroxyl groups excluding tert-OH is 1. The molecule has 0 amide bonds. The first-order chi connectivity index (χ1) is 9.21. The maximum Gasteiger partial charge on any atom is 0.251 e. The number of aromatic nitrogens is 2. The fourth-order valence-electron chi connectivity index (χ4n) is 1.86. The first-order valence-corrected chi connectivity index (χ1v) is 5.73. The van der Waals surface area contributed by atoms with Crippen molar-refractivity contribution in [1.29, 1.82) is 5.26 Å². The number of aryl methyl sites for hydroxylation is 1. The fraction of sp³-hybridized carbons (Fsp3) is 0.214. The fourth-order valence-corrected chi connectivity index (χ4v) is 1.86. The molecule has 5 heteroatoms. The van der Waals surface area contributed by atoms with Crippen LogP contribution in [0.2, 0.25) is 0 Å². The first kappa shape index (κ1) is 13.0. The molecule has 5 nitrogen and oxygen atoms in total. The summed E-state index contributed by atoms with van der Waals surface area (Å²) in [6, 6.07) is 9.33. The van der Waals surface area contributed by atoms with Crippen LogP contribution in [-0.2, 0) is 6.61 Å². The SMILES string of the molecule is COc1nc(-c2ccccc2CO)c(C)nc1C#N. The molecule has 0 spiro atoms. The second kappa shape index (κ2) is 5.46. The van der Waals surface area contributed by atoms with Crippen LogP contribution in [0.15, 0.2) is 24.3 Å². The lowest BCUT2D eigenvalue weighted by atomic mass is 10.0. The van der Waals surface area contributed by atoms with E-state index in [1.165, 1.54) is 7.11 Å². The Morgan fingerprint density at radius 3 is 2.68 bits per heavy atom. The summed E-state index contributed by atoms with van der Waals surface area (Å²) in [4.78, 5) is 8.51. The normalized spacial score (nSPS) is 10.0. The molecular weight excluding hydrogens is 242 g/mol. The van der Waals surface area contributed by atoms with E-state index in [0.29, 0.717) is 11.4 Å². The topological polar surface area (TPSA) is 79.0 Å². The number of hydrogen-bond acceptors (Lipinski definition) is 5. The van der Waals surface area contributed by atoms with Gasteiger partial charge < -0.3 is 9.84 Å². The number of aliphatic hydroxyl groups is 1. The molecule has 19 heavy (non-hydrogen) atoms. The average molecular weight is 255 g/mol. The Balaban J connectivity index is 2.66. The third-order valence-electron chi connectivity index (χ3n) is 2.78. The van der Waals surface area contributed by atoms with Crippen LogP contribution in [0.3, 0.4) is 0 Å². The maximum absolute atomic E-state index is 9.37. The summed E-state index contributed by atoms with van der Waals surface area (Å²) >= 11 is 0. The van der Waals surface area contributed by atoms with Gasteiger partial charge in [-0.3, -0.25) is 0 Å². The summed E-state index contributed by atoms with van der Waals surface area (Å²) in [6.45, 7) is 1.69. The van der Waals surface area contributed by atoms with Gasteiger partial charge in [0.05, 0.1) is 25.1 Å². The Kier molecular flexibility index (Phi) is 3.74. The van der Waals surface area contributed by atoms with E-state index in [4.69, 9.17) is 10.00 Å². The van der Waals surface area contributed by atoms with E-state index in [1.807, 2.05) is 30.3 Å². The summed E-state index contributed by atoms with van der Waals surface area (Å²) in [5.41, 5.74) is 2.94. The lowest BCUT2D eigenvalue weighted by Gasteiger charge is -2.11. The Bertz CT molecular complexity index is 648. The van der Waals surface area contributed by atoms with Crippen LogP contribution >= 0.6 is 0 Å². The molecular formula is C14H13N3O2. The molecule has 1 heterocycles. The lowest BCUT2D eigenvalue weighted by molar-refractivity contribution is 0.282. The van der Waals surface area contributed by atoms with Crippen LogP contribution in [0.25, 0.3) is 11.3 Å².